The summed E-state index contributed by atoms with van der Waals surface area (Å²) in [6.45, 7) is 4.78. The highest BCUT2D eigenvalue weighted by atomic mass is 32.2. The summed E-state index contributed by atoms with van der Waals surface area (Å²) in [6.07, 6.45) is 6.96. The van der Waals surface area contributed by atoms with E-state index in [9.17, 15) is 9.59 Å². The van der Waals surface area contributed by atoms with E-state index in [2.05, 4.69) is 82.6 Å². The van der Waals surface area contributed by atoms with Crippen LogP contribution in [-0.4, -0.2) is 74.2 Å². The van der Waals surface area contributed by atoms with Crippen LogP contribution in [0.1, 0.15) is 50.0 Å². The molecule has 2 aliphatic heterocycles. The van der Waals surface area contributed by atoms with Gasteiger partial charge in [0.2, 0.25) is 0 Å². The molecule has 0 atom stereocenters. The second-order valence-corrected chi connectivity index (χ2v) is 13.3. The highest BCUT2D eigenvalue weighted by Gasteiger charge is 2.29. The first-order valence-corrected chi connectivity index (χ1v) is 16.6. The molecule has 6 nitrogen and oxygen atoms in total. The van der Waals surface area contributed by atoms with Gasteiger partial charge in [-0.25, -0.2) is 0 Å². The largest absolute Gasteiger partial charge is 0.464 e. The van der Waals surface area contributed by atoms with Crippen LogP contribution >= 0.6 is 0 Å². The van der Waals surface area contributed by atoms with Gasteiger partial charge in [0.25, 0.3) is 0 Å². The lowest BCUT2D eigenvalue weighted by atomic mass is 10.0. The zero-order chi connectivity index (χ0) is 29.0. The Kier molecular flexibility index (Phi) is 11.5. The molecular weight excluding hydrogens is 544 g/mol. The number of esters is 2. The van der Waals surface area contributed by atoms with Crippen molar-refractivity contribution in [1.82, 2.24) is 9.80 Å². The topological polar surface area (TPSA) is 59.1 Å². The number of likely N-dealkylation sites (tertiary alicyclic amines) is 2. The van der Waals surface area contributed by atoms with Gasteiger partial charge in [0, 0.05) is 0 Å². The van der Waals surface area contributed by atoms with E-state index in [4.69, 9.17) is 9.47 Å². The maximum atomic E-state index is 12.7. The summed E-state index contributed by atoms with van der Waals surface area (Å²) in [6, 6.07) is 29.7. The minimum Gasteiger partial charge on any atom is -0.464 e. The molecule has 0 N–H and O–H groups in total. The quantitative estimate of drug-likeness (QED) is 0.194. The number of nitrogens with zero attached hydrogens (tertiary/aromatic N) is 2. The summed E-state index contributed by atoms with van der Waals surface area (Å²) >= 11 is 0. The lowest BCUT2D eigenvalue weighted by Crippen LogP contribution is -2.36. The molecule has 5 rings (SSSR count). The molecule has 2 fully saturated rings. The second kappa shape index (κ2) is 15.9. The van der Waals surface area contributed by atoms with Crippen molar-refractivity contribution in [1.29, 1.82) is 0 Å². The van der Waals surface area contributed by atoms with Gasteiger partial charge in [-0.2, -0.15) is 0 Å². The molecule has 3 aromatic carbocycles. The van der Waals surface area contributed by atoms with Gasteiger partial charge in [-0.3, -0.25) is 19.4 Å². The predicted octanol–water partition coefficient (Wildman–Crippen LogP) is 5.92. The summed E-state index contributed by atoms with van der Waals surface area (Å²) in [5.74, 6) is -0.661. The van der Waals surface area contributed by atoms with Crippen molar-refractivity contribution < 1.29 is 19.1 Å². The highest BCUT2D eigenvalue weighted by molar-refractivity contribution is 7.97. The Bertz CT molecular complexity index is 1170. The molecule has 0 aliphatic carbocycles. The van der Waals surface area contributed by atoms with Crippen LogP contribution in [0.5, 0.6) is 0 Å². The number of carbonyl (C=O) groups excluding carboxylic acids is 2. The van der Waals surface area contributed by atoms with E-state index >= 15 is 0 Å². The lowest BCUT2D eigenvalue weighted by Gasteiger charge is -2.26. The van der Waals surface area contributed by atoms with E-state index < -0.39 is 0 Å². The van der Waals surface area contributed by atoms with Crippen molar-refractivity contribution in [3.8, 4) is 0 Å². The average molecular weight is 588 g/mol. The second-order valence-electron chi connectivity index (χ2n) is 11.2. The molecule has 2 aliphatic rings. The first-order valence-electron chi connectivity index (χ1n) is 15.4. The first kappa shape index (κ1) is 30.3. The van der Waals surface area contributed by atoms with Crippen LogP contribution in [-0.2, 0) is 30.0 Å². The van der Waals surface area contributed by atoms with Gasteiger partial charge < -0.3 is 9.47 Å². The molecule has 2 heterocycles. The molecule has 3 aromatic rings. The van der Waals surface area contributed by atoms with E-state index in [1.54, 1.807) is 0 Å². The summed E-state index contributed by atoms with van der Waals surface area (Å²) < 4.78 is 11.6. The smallest absolute Gasteiger partial charge is 0.320 e. The molecule has 0 amide bonds. The fourth-order valence-electron chi connectivity index (χ4n) is 5.72. The van der Waals surface area contributed by atoms with Crippen molar-refractivity contribution in [3.63, 3.8) is 0 Å². The van der Waals surface area contributed by atoms with Crippen LogP contribution in [0.15, 0.2) is 99.6 Å². The van der Waals surface area contributed by atoms with Crippen molar-refractivity contribution in [3.05, 3.63) is 90.5 Å². The third-order valence-electron chi connectivity index (χ3n) is 8.04. The van der Waals surface area contributed by atoms with E-state index in [0.29, 0.717) is 13.1 Å². The van der Waals surface area contributed by atoms with Gasteiger partial charge in [-0.05, 0) is 93.8 Å². The maximum absolute atomic E-state index is 12.7. The lowest BCUT2D eigenvalue weighted by molar-refractivity contribution is -0.148. The summed E-state index contributed by atoms with van der Waals surface area (Å²) in [5.41, 5.74) is 1.000. The van der Waals surface area contributed by atoms with Gasteiger partial charge in [-0.1, -0.05) is 61.4 Å². The number of piperidine rings is 2. The normalized spacial score (nSPS) is 16.4. The van der Waals surface area contributed by atoms with Crippen LogP contribution in [0, 0.1) is 0 Å². The summed E-state index contributed by atoms with van der Waals surface area (Å²) in [4.78, 5) is 33.5. The highest BCUT2D eigenvalue weighted by Crippen LogP contribution is 2.32. The molecule has 42 heavy (non-hydrogen) atoms. The van der Waals surface area contributed by atoms with Crippen LogP contribution in [0.2, 0.25) is 0 Å². The molecule has 0 unspecified atom stereocenters. The molecule has 0 aromatic heterocycles. The van der Waals surface area contributed by atoms with E-state index in [1.807, 2.05) is 12.1 Å². The minimum atomic E-state index is -0.249. The van der Waals surface area contributed by atoms with Gasteiger partial charge in [0.15, 0.2) is 14.7 Å². The van der Waals surface area contributed by atoms with Gasteiger partial charge >= 0.3 is 11.9 Å². The fourth-order valence-corrected chi connectivity index (χ4v) is 7.80. The van der Waals surface area contributed by atoms with E-state index in [0.717, 1.165) is 57.4 Å². The van der Waals surface area contributed by atoms with Gasteiger partial charge in [-0.15, -0.1) is 0 Å². The SMILES string of the molecule is O=C(CN1CCCCC1)OCC(COC(=O)CN1CCCCC1)c1ccc([S+](c2ccccc2)c2ccccc2)cc1. The van der Waals surface area contributed by atoms with E-state index in [-0.39, 0.29) is 42.0 Å². The van der Waals surface area contributed by atoms with Crippen LogP contribution < -0.4 is 0 Å². The van der Waals surface area contributed by atoms with Crippen molar-refractivity contribution in [2.45, 2.75) is 59.1 Å². The van der Waals surface area contributed by atoms with Gasteiger partial charge in [0.05, 0.1) is 29.9 Å². The monoisotopic (exact) mass is 587 g/mol. The summed E-state index contributed by atoms with van der Waals surface area (Å²) in [7, 11) is -0.249. The number of carbonyl (C=O) groups is 2. The van der Waals surface area contributed by atoms with Gasteiger partial charge in [0.1, 0.15) is 13.2 Å². The average Bonchev–Trinajstić information content (AvgIpc) is 3.04. The minimum absolute atomic E-state index is 0.187. The molecule has 222 valence electrons. The molecule has 0 spiro atoms. The zero-order valence-electron chi connectivity index (χ0n) is 24.5. The Hall–Kier alpha value is -3.13. The Morgan fingerprint density at radius 3 is 1.40 bits per heavy atom. The number of ether oxygens (including phenoxy) is 2. The molecule has 0 radical (unpaired) electrons. The van der Waals surface area contributed by atoms with E-state index in [1.165, 1.54) is 27.5 Å². The zero-order valence-corrected chi connectivity index (χ0v) is 25.3. The molecule has 0 saturated carbocycles. The van der Waals surface area contributed by atoms with Crippen molar-refractivity contribution in [2.75, 3.05) is 52.5 Å². The Balaban J connectivity index is 1.29. The van der Waals surface area contributed by atoms with Crippen LogP contribution in [0.3, 0.4) is 0 Å². The Morgan fingerprint density at radius 2 is 0.976 bits per heavy atom. The fraction of sp³-hybridized carbons (Fsp3) is 0.429. The number of rotatable bonds is 12. The van der Waals surface area contributed by atoms with Crippen LogP contribution in [0.4, 0.5) is 0 Å². The number of hydrogen-bond donors (Lipinski definition) is 0. The predicted molar refractivity (Wildman–Crippen MR) is 167 cm³/mol. The standard InChI is InChI=1S/C35H43N2O4S/c38-34(25-36-21-9-3-10-22-36)40-27-30(28-41-35(39)26-37-23-11-4-12-24-37)29-17-19-33(20-18-29)42(31-13-5-1-6-14-31)32-15-7-2-8-16-32/h1-2,5-8,13-20,30H,3-4,9-12,21-28H2/q+1. The number of benzene rings is 3. The first-order chi connectivity index (χ1) is 20.7. The maximum Gasteiger partial charge on any atom is 0.320 e. The van der Waals surface area contributed by atoms with Crippen molar-refractivity contribution in [2.24, 2.45) is 0 Å². The third-order valence-corrected chi connectivity index (χ3v) is 10.3. The van der Waals surface area contributed by atoms with Crippen LogP contribution in [0.25, 0.3) is 0 Å². The molecule has 2 saturated heterocycles. The molecular formula is C35H43N2O4S+. The Labute approximate surface area is 253 Å². The molecule has 7 heteroatoms. The Morgan fingerprint density at radius 1 is 0.571 bits per heavy atom. The van der Waals surface area contributed by atoms with Crippen molar-refractivity contribution >= 4 is 22.8 Å². The number of hydrogen-bond acceptors (Lipinski definition) is 6. The summed E-state index contributed by atoms with van der Waals surface area (Å²) in [5, 5.41) is 0. The molecule has 0 bridgehead atoms. The third kappa shape index (κ3) is 8.93.